The lowest BCUT2D eigenvalue weighted by molar-refractivity contribution is -0.143. The molecule has 0 spiro atoms. The number of anilines is 1. The number of hydrogen-bond donors (Lipinski definition) is 6. The average Bonchev–Trinajstić information content (AvgIpc) is 3.38. The van der Waals surface area contributed by atoms with E-state index in [0.717, 1.165) is 35.9 Å². The van der Waals surface area contributed by atoms with Gasteiger partial charge in [-0.05, 0) is 106 Å². The van der Waals surface area contributed by atoms with Crippen LogP contribution in [0.5, 0.6) is 17.5 Å². The number of methoxy groups -OCH3 is 2. The second-order valence-electron chi connectivity index (χ2n) is 18.0. The molecule has 4 atom stereocenters. The van der Waals surface area contributed by atoms with Gasteiger partial charge in [0.1, 0.15) is 29.4 Å². The molecule has 6 N–H and O–H groups in total. The molecule has 0 radical (unpaired) electrons. The molecule has 3 aromatic heterocycles. The Hall–Kier alpha value is -6.28. The third-order valence-electron chi connectivity index (χ3n) is 13.9. The summed E-state index contributed by atoms with van der Waals surface area (Å²) in [4.78, 5) is 38.4. The van der Waals surface area contributed by atoms with Gasteiger partial charge in [0.05, 0.1) is 55.0 Å². The van der Waals surface area contributed by atoms with Crippen LogP contribution in [0.2, 0.25) is 0 Å². The Morgan fingerprint density at radius 2 is 1.46 bits per heavy atom. The van der Waals surface area contributed by atoms with Gasteiger partial charge in [-0.1, -0.05) is 36.4 Å². The van der Waals surface area contributed by atoms with Gasteiger partial charge < -0.3 is 45.3 Å². The molecule has 69 heavy (non-hydrogen) atoms. The van der Waals surface area contributed by atoms with Crippen molar-refractivity contribution in [3.8, 4) is 17.5 Å². The smallest absolute Gasteiger partial charge is 0.268 e. The Kier molecular flexibility index (Phi) is 14.4. The summed E-state index contributed by atoms with van der Waals surface area (Å²) >= 11 is 0. The highest BCUT2D eigenvalue weighted by atomic mass is 19.1. The maximum absolute atomic E-state index is 14.3. The summed E-state index contributed by atoms with van der Waals surface area (Å²) in [7, 11) is 2.94. The molecule has 2 saturated carbocycles. The predicted molar refractivity (Wildman–Crippen MR) is 252 cm³/mol. The number of carbonyl (C=O) groups is 1. The number of carbonyl (C=O) groups excluding carboxylic acids is 1. The van der Waals surface area contributed by atoms with E-state index in [9.17, 15) is 34.0 Å². The first kappa shape index (κ1) is 47.8. The number of aromatic nitrogens is 5. The second-order valence-corrected chi connectivity index (χ2v) is 18.0. The van der Waals surface area contributed by atoms with Gasteiger partial charge in [-0.15, -0.1) is 0 Å². The zero-order chi connectivity index (χ0) is 48.2. The van der Waals surface area contributed by atoms with Gasteiger partial charge >= 0.3 is 0 Å². The van der Waals surface area contributed by atoms with Crippen LogP contribution in [0.25, 0.3) is 28.1 Å². The number of ether oxygens (including phenoxy) is 3. The van der Waals surface area contributed by atoms with Gasteiger partial charge in [0.2, 0.25) is 17.5 Å². The fraction of sp³-hybridized carbons (Fsp3) is 0.412. The topological polar surface area (TPSA) is 217 Å². The number of pyridine rings is 1. The van der Waals surface area contributed by atoms with Crippen LogP contribution >= 0.6 is 0 Å². The molecule has 3 aliphatic rings. The van der Waals surface area contributed by atoms with Crippen LogP contribution in [0.1, 0.15) is 79.9 Å². The molecule has 18 heteroatoms. The Morgan fingerprint density at radius 1 is 0.812 bits per heavy atom. The maximum atomic E-state index is 14.3. The van der Waals surface area contributed by atoms with Crippen LogP contribution in [0, 0.1) is 23.5 Å². The van der Waals surface area contributed by atoms with E-state index in [4.69, 9.17) is 19.2 Å². The quantitative estimate of drug-likeness (QED) is 0.0676. The number of nitrogens with zero attached hydrogens (tertiary/aromatic N) is 6. The molecule has 0 saturated heterocycles. The van der Waals surface area contributed by atoms with Gasteiger partial charge in [-0.3, -0.25) is 9.69 Å². The summed E-state index contributed by atoms with van der Waals surface area (Å²) in [5.41, 5.74) is 0.620. The predicted octanol–water partition coefficient (Wildman–Crippen LogP) is 5.80. The van der Waals surface area contributed by atoms with Crippen LogP contribution in [-0.2, 0) is 17.1 Å². The number of hydrogen-bond acceptors (Lipinski definition) is 15. The fourth-order valence-electron chi connectivity index (χ4n) is 10.1. The van der Waals surface area contributed by atoms with Crippen molar-refractivity contribution in [2.24, 2.45) is 11.8 Å². The number of fused-ring (bicyclic) bond motifs is 3. The Bertz CT molecular complexity index is 2830. The number of halogens is 2. The molecule has 9 rings (SSSR count). The van der Waals surface area contributed by atoms with Crippen molar-refractivity contribution in [1.82, 2.24) is 35.6 Å². The van der Waals surface area contributed by atoms with E-state index in [1.807, 2.05) is 0 Å². The highest BCUT2D eigenvalue weighted by Crippen LogP contribution is 2.46. The third kappa shape index (κ3) is 9.95. The molecule has 4 heterocycles. The molecule has 362 valence electrons. The lowest BCUT2D eigenvalue weighted by Gasteiger charge is -2.47. The molecule has 1 aliphatic heterocycles. The lowest BCUT2D eigenvalue weighted by atomic mass is 9.76. The molecule has 1 amide bonds. The van der Waals surface area contributed by atoms with Crippen molar-refractivity contribution in [2.45, 2.75) is 94.0 Å². The van der Waals surface area contributed by atoms with Gasteiger partial charge in [-0.25, -0.2) is 33.7 Å². The first-order valence-electron chi connectivity index (χ1n) is 23.4. The van der Waals surface area contributed by atoms with Crippen molar-refractivity contribution in [1.29, 1.82) is 0 Å². The highest BCUT2D eigenvalue weighted by Gasteiger charge is 2.53. The maximum Gasteiger partial charge on any atom is 0.268 e. The monoisotopic (exact) mass is 946 g/mol. The summed E-state index contributed by atoms with van der Waals surface area (Å²) in [6, 6.07) is 17.2. The van der Waals surface area contributed by atoms with E-state index in [1.165, 1.54) is 32.7 Å². The van der Waals surface area contributed by atoms with Crippen LogP contribution in [-0.4, -0.2) is 103 Å². The van der Waals surface area contributed by atoms with E-state index in [1.54, 1.807) is 54.6 Å². The minimum absolute atomic E-state index is 0.0356. The van der Waals surface area contributed by atoms with E-state index >= 15 is 0 Å². The Labute approximate surface area is 397 Å². The zero-order valence-electron chi connectivity index (χ0n) is 38.3. The summed E-state index contributed by atoms with van der Waals surface area (Å²) in [6.07, 6.45) is 7.45. The van der Waals surface area contributed by atoms with Crippen LogP contribution in [0.15, 0.2) is 85.2 Å². The van der Waals surface area contributed by atoms with E-state index in [2.05, 4.69) is 30.6 Å². The SMILES string of the molecule is COc1cnc2cccc([C@@H](O)[C@@H](O)[C@H]3CC[C@H](NCc4ccc5c(n4)N(C(O)(c4cccc6ncc(OC)nc46)C(O)[C@H]4CC[C@H](NC/C=C/c6cc(F)ccc6F)CC4)C(=O)CO5)CC3)c2n1. The summed E-state index contributed by atoms with van der Waals surface area (Å²) in [5, 5.41) is 55.8. The van der Waals surface area contributed by atoms with Gasteiger partial charge in [0.15, 0.2) is 18.2 Å². The van der Waals surface area contributed by atoms with Crippen molar-refractivity contribution in [3.05, 3.63) is 119 Å². The van der Waals surface area contributed by atoms with Crippen LogP contribution < -0.4 is 29.7 Å². The minimum atomic E-state index is -2.41. The molecule has 2 fully saturated rings. The van der Waals surface area contributed by atoms with E-state index < -0.39 is 54.1 Å². The minimum Gasteiger partial charge on any atom is -0.480 e. The summed E-state index contributed by atoms with van der Waals surface area (Å²) < 4.78 is 44.4. The van der Waals surface area contributed by atoms with Gasteiger partial charge in [-0.2, -0.15) is 0 Å². The normalized spacial score (nSPS) is 21.9. The Balaban J connectivity index is 0.913. The highest BCUT2D eigenvalue weighted by molar-refractivity contribution is 5.99. The second kappa shape index (κ2) is 20.8. The first-order valence-corrected chi connectivity index (χ1v) is 23.4. The third-order valence-corrected chi connectivity index (χ3v) is 13.9. The number of aliphatic hydroxyl groups is 4. The molecule has 0 bridgehead atoms. The first-order chi connectivity index (χ1) is 33.4. The molecule has 2 aliphatic carbocycles. The number of nitrogens with one attached hydrogen (secondary N) is 2. The number of rotatable bonds is 16. The zero-order valence-corrected chi connectivity index (χ0v) is 38.3. The average molecular weight is 947 g/mol. The fourth-order valence-corrected chi connectivity index (χ4v) is 10.1. The number of para-hydroxylation sites is 2. The van der Waals surface area contributed by atoms with Crippen LogP contribution in [0.4, 0.5) is 14.6 Å². The molecule has 2 unspecified atom stereocenters. The van der Waals surface area contributed by atoms with Crippen molar-refractivity contribution < 1.29 is 48.2 Å². The van der Waals surface area contributed by atoms with E-state index in [-0.39, 0.29) is 52.1 Å². The van der Waals surface area contributed by atoms with Gasteiger partial charge in [0, 0.05) is 41.9 Å². The molecule has 16 nitrogen and oxygen atoms in total. The van der Waals surface area contributed by atoms with Gasteiger partial charge in [0.25, 0.3) is 5.91 Å². The van der Waals surface area contributed by atoms with Crippen molar-refractivity contribution in [2.75, 3.05) is 32.3 Å². The van der Waals surface area contributed by atoms with E-state index in [0.29, 0.717) is 85.3 Å². The number of aliphatic hydroxyl groups excluding tert-OH is 3. The summed E-state index contributed by atoms with van der Waals surface area (Å²) in [6.45, 7) is 0.286. The largest absolute Gasteiger partial charge is 0.480 e. The van der Waals surface area contributed by atoms with Crippen molar-refractivity contribution >= 4 is 39.9 Å². The van der Waals surface area contributed by atoms with Crippen LogP contribution in [0.3, 0.4) is 0 Å². The Morgan fingerprint density at radius 3 is 2.17 bits per heavy atom. The molecule has 3 aromatic carbocycles. The molecular formula is C51H56F2N8O8. The summed E-state index contributed by atoms with van der Waals surface area (Å²) in [5.74, 6) is -1.55. The molecular weight excluding hydrogens is 891 g/mol. The van der Waals surface area contributed by atoms with Crippen molar-refractivity contribution in [3.63, 3.8) is 0 Å². The number of benzene rings is 3. The number of amides is 1. The standard InChI is InChI=1S/C51H56F2N8O8/c1-67-42-26-56-39-9-3-7-36(45(39)59-42)48(64)47(63)29-11-16-34(17-12-29)55-25-35-20-22-41-50(58-35)61(44(62)28-69-41)51(66,37-8-4-10-40-46(37)60-43(68-2)27-57-40)49(65)30-13-18-33(19-14-30)54-23-5-6-31-24-32(52)15-21-38(31)53/h3-10,15,20-22,24,26-27,29-30,33-34,47-49,54-55,63-66H,11-14,16-19,23,25,28H2,1-2H3/b6-5+/t29-,30-,33-,34-,47-,48+,49?,51?/m0/s1. The molecule has 6 aromatic rings. The lowest BCUT2D eigenvalue weighted by Crippen LogP contribution is -2.62.